The van der Waals surface area contributed by atoms with Crippen LogP contribution in [0.5, 0.6) is 0 Å². The minimum atomic E-state index is -0.646. The van der Waals surface area contributed by atoms with Gasteiger partial charge >= 0.3 is 0 Å². The molecule has 5 nitrogen and oxygen atoms in total. The lowest BCUT2D eigenvalue weighted by atomic mass is 10.0. The summed E-state index contributed by atoms with van der Waals surface area (Å²) in [6.45, 7) is 7.96. The summed E-state index contributed by atoms with van der Waals surface area (Å²) in [6, 6.07) is 13.4. The first-order chi connectivity index (χ1) is 16.4. The second kappa shape index (κ2) is 10.1. The highest BCUT2D eigenvalue weighted by molar-refractivity contribution is 5.84. The molecule has 1 N–H and O–H groups in total. The van der Waals surface area contributed by atoms with Crippen LogP contribution in [0.15, 0.2) is 72.1 Å². The van der Waals surface area contributed by atoms with Gasteiger partial charge in [-0.25, -0.2) is 14.4 Å². The van der Waals surface area contributed by atoms with E-state index in [0.717, 1.165) is 33.6 Å². The van der Waals surface area contributed by atoms with E-state index in [0.29, 0.717) is 23.5 Å². The number of rotatable bonds is 7. The molecule has 0 fully saturated rings. The minimum absolute atomic E-state index is 0.322. The van der Waals surface area contributed by atoms with Gasteiger partial charge in [0.2, 0.25) is 5.95 Å². The molecule has 0 atom stereocenters. The number of aliphatic imine (C=N–C) groups is 1. The van der Waals surface area contributed by atoms with Gasteiger partial charge in [0, 0.05) is 48.0 Å². The maximum atomic E-state index is 14.7. The third kappa shape index (κ3) is 5.20. The van der Waals surface area contributed by atoms with Gasteiger partial charge in [0.1, 0.15) is 11.6 Å². The third-order valence-electron chi connectivity index (χ3n) is 5.43. The summed E-state index contributed by atoms with van der Waals surface area (Å²) in [4.78, 5) is 16.4. The van der Waals surface area contributed by atoms with Crippen LogP contribution in [0.25, 0.3) is 22.9 Å². The van der Waals surface area contributed by atoms with Crippen molar-refractivity contribution in [2.75, 3.05) is 5.32 Å². The number of benzene rings is 1. The van der Waals surface area contributed by atoms with Crippen molar-refractivity contribution in [3.63, 3.8) is 0 Å². The monoisotopic (exact) mass is 455 g/mol. The van der Waals surface area contributed by atoms with Crippen LogP contribution in [-0.2, 0) is 6.54 Å². The van der Waals surface area contributed by atoms with E-state index < -0.39 is 11.8 Å². The van der Waals surface area contributed by atoms with E-state index in [4.69, 9.17) is 0 Å². The molecule has 0 saturated carbocycles. The van der Waals surface area contributed by atoms with Gasteiger partial charge in [-0.3, -0.25) is 9.98 Å². The Labute approximate surface area is 197 Å². The van der Waals surface area contributed by atoms with E-state index in [9.17, 15) is 8.78 Å². The molecule has 4 rings (SSSR count). The number of nitrogens with zero attached hydrogens (tertiary/aromatic N) is 4. The van der Waals surface area contributed by atoms with E-state index in [-0.39, 0.29) is 0 Å². The van der Waals surface area contributed by atoms with E-state index in [1.165, 1.54) is 18.3 Å². The van der Waals surface area contributed by atoms with Gasteiger partial charge < -0.3 is 5.32 Å². The van der Waals surface area contributed by atoms with Gasteiger partial charge in [0.05, 0.1) is 5.70 Å². The second-order valence-corrected chi connectivity index (χ2v) is 7.78. The largest absolute Gasteiger partial charge is 0.366 e. The fraction of sp³-hybridized carbons (Fsp3) is 0.111. The highest BCUT2D eigenvalue weighted by Crippen LogP contribution is 2.26. The Balaban J connectivity index is 1.54. The molecule has 4 aromatic rings. The van der Waals surface area contributed by atoms with Crippen LogP contribution in [-0.4, -0.2) is 21.7 Å². The zero-order chi connectivity index (χ0) is 24.1. The molecule has 0 aliphatic rings. The topological polar surface area (TPSA) is 63.1 Å². The zero-order valence-electron chi connectivity index (χ0n) is 18.9. The average Bonchev–Trinajstić information content (AvgIpc) is 2.82. The molecule has 3 heterocycles. The summed E-state index contributed by atoms with van der Waals surface area (Å²) in [5.74, 6) is -0.392. The minimum Gasteiger partial charge on any atom is -0.366 e. The van der Waals surface area contributed by atoms with Crippen LogP contribution < -0.4 is 5.32 Å². The SMILES string of the molecule is C=N/C(=C\c1ccnc(NCc2ccc(-c3ccnc(F)c3)c(F)c2)c1C)c1ccnc(C)c1. The maximum absolute atomic E-state index is 14.7. The second-order valence-electron chi connectivity index (χ2n) is 7.78. The molecule has 0 radical (unpaired) electrons. The van der Waals surface area contributed by atoms with Crippen LogP contribution in [0.2, 0.25) is 0 Å². The molecule has 0 unspecified atom stereocenters. The normalized spacial score (nSPS) is 11.4. The summed E-state index contributed by atoms with van der Waals surface area (Å²) >= 11 is 0. The molecule has 0 spiro atoms. The fourth-order valence-electron chi connectivity index (χ4n) is 3.62. The summed E-state index contributed by atoms with van der Waals surface area (Å²) in [5.41, 5.74) is 5.93. The average molecular weight is 456 g/mol. The summed E-state index contributed by atoms with van der Waals surface area (Å²) < 4.78 is 28.1. The molecule has 0 bridgehead atoms. The standard InChI is InChI=1S/C27H23F2N5/c1-17-12-22(8-9-31-17)25(30-3)14-20-6-11-33-27(18(20)2)34-16-19-4-5-23(24(28)13-19)21-7-10-32-26(29)15-21/h4-15H,3,16H2,1-2H3,(H,33,34)/b25-14-. The van der Waals surface area contributed by atoms with Crippen molar-refractivity contribution in [1.29, 1.82) is 0 Å². The first kappa shape index (κ1) is 22.9. The fourth-order valence-corrected chi connectivity index (χ4v) is 3.62. The highest BCUT2D eigenvalue weighted by atomic mass is 19.1. The highest BCUT2D eigenvalue weighted by Gasteiger charge is 2.10. The smallest absolute Gasteiger partial charge is 0.213 e. The molecule has 3 aromatic heterocycles. The van der Waals surface area contributed by atoms with Crippen molar-refractivity contribution in [2.24, 2.45) is 4.99 Å². The lowest BCUT2D eigenvalue weighted by molar-refractivity contribution is 0.584. The summed E-state index contributed by atoms with van der Waals surface area (Å²) in [7, 11) is 0. The van der Waals surface area contributed by atoms with E-state index in [1.54, 1.807) is 30.6 Å². The number of aryl methyl sites for hydroxylation is 1. The molecule has 0 aliphatic carbocycles. The number of anilines is 1. The van der Waals surface area contributed by atoms with Crippen LogP contribution in [0, 0.1) is 25.6 Å². The number of hydrogen-bond donors (Lipinski definition) is 1. The van der Waals surface area contributed by atoms with Gasteiger partial charge in [-0.05, 0) is 79.2 Å². The Morgan fingerprint density at radius 2 is 1.76 bits per heavy atom. The Hall–Kier alpha value is -4.26. The first-order valence-corrected chi connectivity index (χ1v) is 10.7. The molecular weight excluding hydrogens is 432 g/mol. The van der Waals surface area contributed by atoms with E-state index in [1.807, 2.05) is 38.1 Å². The quantitative estimate of drug-likeness (QED) is 0.264. The van der Waals surface area contributed by atoms with Crippen LogP contribution in [0.1, 0.15) is 27.9 Å². The molecule has 0 saturated heterocycles. The summed E-state index contributed by atoms with van der Waals surface area (Å²) in [6.07, 6.45) is 6.72. The van der Waals surface area contributed by atoms with Crippen molar-refractivity contribution < 1.29 is 8.78 Å². The van der Waals surface area contributed by atoms with Crippen LogP contribution in [0.4, 0.5) is 14.6 Å². The van der Waals surface area contributed by atoms with Gasteiger partial charge in [-0.15, -0.1) is 0 Å². The molecule has 7 heteroatoms. The van der Waals surface area contributed by atoms with E-state index >= 15 is 0 Å². The van der Waals surface area contributed by atoms with Crippen molar-refractivity contribution in [2.45, 2.75) is 20.4 Å². The van der Waals surface area contributed by atoms with Gasteiger partial charge in [-0.2, -0.15) is 4.39 Å². The summed E-state index contributed by atoms with van der Waals surface area (Å²) in [5, 5.41) is 3.27. The molecule has 170 valence electrons. The number of pyridine rings is 3. The lowest BCUT2D eigenvalue weighted by Gasteiger charge is -2.12. The van der Waals surface area contributed by atoms with Crippen molar-refractivity contribution in [1.82, 2.24) is 15.0 Å². The zero-order valence-corrected chi connectivity index (χ0v) is 18.9. The van der Waals surface area contributed by atoms with Gasteiger partial charge in [0.15, 0.2) is 0 Å². The molecular formula is C27H23F2N5. The van der Waals surface area contributed by atoms with Crippen LogP contribution in [0.3, 0.4) is 0 Å². The van der Waals surface area contributed by atoms with Gasteiger partial charge in [-0.1, -0.05) is 12.1 Å². The Kier molecular flexibility index (Phi) is 6.82. The lowest BCUT2D eigenvalue weighted by Crippen LogP contribution is -2.04. The van der Waals surface area contributed by atoms with Gasteiger partial charge in [0.25, 0.3) is 0 Å². The predicted octanol–water partition coefficient (Wildman–Crippen LogP) is 6.24. The third-order valence-corrected chi connectivity index (χ3v) is 5.43. The Morgan fingerprint density at radius 1 is 0.971 bits per heavy atom. The first-order valence-electron chi connectivity index (χ1n) is 10.7. The molecule has 0 aliphatic heterocycles. The predicted molar refractivity (Wildman–Crippen MR) is 132 cm³/mol. The number of hydrogen-bond acceptors (Lipinski definition) is 5. The molecule has 34 heavy (non-hydrogen) atoms. The van der Waals surface area contributed by atoms with Crippen molar-refractivity contribution in [3.05, 3.63) is 107 Å². The number of nitrogens with one attached hydrogen (secondary N) is 1. The van der Waals surface area contributed by atoms with Crippen LogP contribution >= 0.6 is 0 Å². The molecule has 1 aromatic carbocycles. The van der Waals surface area contributed by atoms with Crippen molar-refractivity contribution >= 4 is 24.3 Å². The Morgan fingerprint density at radius 3 is 2.50 bits per heavy atom. The van der Waals surface area contributed by atoms with Crippen molar-refractivity contribution in [3.8, 4) is 11.1 Å². The number of aromatic nitrogens is 3. The Bertz CT molecular complexity index is 1380. The maximum Gasteiger partial charge on any atom is 0.213 e. The molecule has 0 amide bonds. The number of halogens is 2. The van der Waals surface area contributed by atoms with E-state index in [2.05, 4.69) is 32.0 Å².